The van der Waals surface area contributed by atoms with Gasteiger partial charge in [-0.25, -0.2) is 26.3 Å². The Bertz CT molecular complexity index is 1050. The Balaban J connectivity index is 2.03. The Morgan fingerprint density at radius 3 is 1.03 bits per heavy atom. The van der Waals surface area contributed by atoms with Gasteiger partial charge in [0.2, 0.25) is 69.7 Å². The zero-order valence-corrected chi connectivity index (χ0v) is 16.4. The molecule has 1 aliphatic carbocycles. The molecule has 0 spiro atoms. The zero-order valence-electron chi connectivity index (χ0n) is 16.4. The third-order valence-corrected chi connectivity index (χ3v) is 5.22. The molecule has 0 saturated heterocycles. The minimum absolute atomic E-state index is 0.0123. The molecule has 0 aliphatic heterocycles. The second kappa shape index (κ2) is 9.14. The van der Waals surface area contributed by atoms with Crippen LogP contribution in [0.4, 0.5) is 43.9 Å². The Labute approximate surface area is 183 Å². The molecule has 0 bridgehead atoms. The third kappa shape index (κ3) is 3.94. The van der Waals surface area contributed by atoms with E-state index in [-0.39, 0.29) is 12.8 Å². The van der Waals surface area contributed by atoms with Gasteiger partial charge in [0, 0.05) is 0 Å². The molecule has 0 unspecified atom stereocenters. The van der Waals surface area contributed by atoms with Gasteiger partial charge in [-0.1, -0.05) is 19.3 Å². The summed E-state index contributed by atoms with van der Waals surface area (Å²) in [5, 5.41) is 0. The van der Waals surface area contributed by atoms with E-state index >= 15 is 0 Å². The first-order valence-corrected chi connectivity index (χ1v) is 9.32. The van der Waals surface area contributed by atoms with Crippen molar-refractivity contribution in [3.8, 4) is 11.5 Å². The first-order valence-electron chi connectivity index (χ1n) is 9.32. The van der Waals surface area contributed by atoms with Crippen LogP contribution in [-0.2, 0) is 9.59 Å². The maximum Gasteiger partial charge on any atom is 0.329 e. The summed E-state index contributed by atoms with van der Waals surface area (Å²) in [7, 11) is 0. The molecule has 2 aromatic rings. The fraction of sp³-hybridized carbons (Fsp3) is 0.300. The van der Waals surface area contributed by atoms with Crippen LogP contribution < -0.4 is 9.47 Å². The highest BCUT2D eigenvalue weighted by Gasteiger charge is 2.51. The average Bonchev–Trinajstić information content (AvgIpc) is 2.84. The van der Waals surface area contributed by atoms with Gasteiger partial charge in [-0.2, -0.15) is 17.6 Å². The van der Waals surface area contributed by atoms with E-state index in [1.165, 1.54) is 0 Å². The van der Waals surface area contributed by atoms with Crippen LogP contribution in [0.25, 0.3) is 0 Å². The summed E-state index contributed by atoms with van der Waals surface area (Å²) >= 11 is 0. The topological polar surface area (TPSA) is 52.6 Å². The van der Waals surface area contributed by atoms with Crippen molar-refractivity contribution in [1.82, 2.24) is 0 Å². The number of rotatable bonds is 4. The molecule has 2 aromatic carbocycles. The molecular weight excluding hydrogens is 494 g/mol. The Hall–Kier alpha value is -3.32. The van der Waals surface area contributed by atoms with Crippen molar-refractivity contribution in [3.05, 3.63) is 58.2 Å². The predicted molar refractivity (Wildman–Crippen MR) is 89.3 cm³/mol. The summed E-state index contributed by atoms with van der Waals surface area (Å²) in [6.45, 7) is 0. The lowest BCUT2D eigenvalue weighted by atomic mass is 9.74. The van der Waals surface area contributed by atoms with Gasteiger partial charge in [0.15, 0.2) is 5.41 Å². The minimum Gasteiger partial charge on any atom is -0.419 e. The Kier molecular flexibility index (Phi) is 6.80. The molecule has 0 radical (unpaired) electrons. The van der Waals surface area contributed by atoms with Crippen molar-refractivity contribution in [2.75, 3.05) is 0 Å². The van der Waals surface area contributed by atoms with Crippen molar-refractivity contribution < 1.29 is 63.0 Å². The van der Waals surface area contributed by atoms with E-state index in [1.807, 2.05) is 0 Å². The molecule has 3 rings (SSSR count). The maximum atomic E-state index is 13.9. The van der Waals surface area contributed by atoms with Crippen molar-refractivity contribution >= 4 is 11.9 Å². The molecule has 14 heteroatoms. The molecule has 1 aliphatic rings. The van der Waals surface area contributed by atoms with Crippen LogP contribution in [0.1, 0.15) is 32.1 Å². The maximum absolute atomic E-state index is 13.9. The first-order chi connectivity index (χ1) is 15.8. The van der Waals surface area contributed by atoms with Crippen molar-refractivity contribution in [3.63, 3.8) is 0 Å². The number of ether oxygens (including phenoxy) is 2. The summed E-state index contributed by atoms with van der Waals surface area (Å²) in [4.78, 5) is 25.4. The fourth-order valence-electron chi connectivity index (χ4n) is 3.38. The molecule has 184 valence electrons. The van der Waals surface area contributed by atoms with E-state index in [9.17, 15) is 53.5 Å². The average molecular weight is 504 g/mol. The van der Waals surface area contributed by atoms with Gasteiger partial charge in [-0.3, -0.25) is 9.59 Å². The number of carbonyl (C=O) groups excluding carboxylic acids is 2. The molecule has 1 saturated carbocycles. The molecule has 4 nitrogen and oxygen atoms in total. The van der Waals surface area contributed by atoms with Gasteiger partial charge >= 0.3 is 11.9 Å². The highest BCUT2D eigenvalue weighted by Crippen LogP contribution is 2.41. The number of halogens is 10. The molecule has 1 fully saturated rings. The summed E-state index contributed by atoms with van der Waals surface area (Å²) in [5.41, 5.74) is -2.63. The predicted octanol–water partition coefficient (Wildman–Crippen LogP) is 5.54. The van der Waals surface area contributed by atoms with Crippen LogP contribution in [0, 0.1) is 63.6 Å². The lowest BCUT2D eigenvalue weighted by Crippen LogP contribution is -2.46. The van der Waals surface area contributed by atoms with Crippen LogP contribution in [0.2, 0.25) is 0 Å². The summed E-state index contributed by atoms with van der Waals surface area (Å²) in [6.07, 6.45) is -0.727. The number of benzene rings is 2. The van der Waals surface area contributed by atoms with E-state index in [1.54, 1.807) is 0 Å². The van der Waals surface area contributed by atoms with Gasteiger partial charge in [-0.15, -0.1) is 0 Å². The summed E-state index contributed by atoms with van der Waals surface area (Å²) < 4.78 is 144. The van der Waals surface area contributed by atoms with Gasteiger partial charge in [0.25, 0.3) is 0 Å². The number of hydrogen-bond acceptors (Lipinski definition) is 4. The standard InChI is InChI=1S/C20H10F10O4/c21-6-8(23)12(27)16(13(28)9(6)24)33-18(31)20(4-2-1-3-5-20)19(32)34-17-14(29)10(25)7(22)11(26)15(17)30/h1-5H2. The van der Waals surface area contributed by atoms with Crippen molar-refractivity contribution in [2.24, 2.45) is 5.41 Å². The zero-order chi connectivity index (χ0) is 25.5. The lowest BCUT2D eigenvalue weighted by Gasteiger charge is -2.32. The highest BCUT2D eigenvalue weighted by atomic mass is 19.2. The Morgan fingerprint density at radius 2 is 0.735 bits per heavy atom. The molecular formula is C20H10F10O4. The van der Waals surface area contributed by atoms with Gasteiger partial charge < -0.3 is 9.47 Å². The van der Waals surface area contributed by atoms with Crippen molar-refractivity contribution in [2.45, 2.75) is 32.1 Å². The molecule has 0 N–H and O–H groups in total. The number of hydrogen-bond donors (Lipinski definition) is 0. The first kappa shape index (κ1) is 25.3. The smallest absolute Gasteiger partial charge is 0.329 e. The van der Waals surface area contributed by atoms with E-state index in [2.05, 4.69) is 9.47 Å². The van der Waals surface area contributed by atoms with Gasteiger partial charge in [0.1, 0.15) is 0 Å². The SMILES string of the molecule is O=C(Oc1c(F)c(F)c(F)c(F)c1F)C1(C(=O)Oc2c(F)c(F)c(F)c(F)c2F)CCCCC1. The largest absolute Gasteiger partial charge is 0.419 e. The van der Waals surface area contributed by atoms with E-state index in [0.29, 0.717) is 6.42 Å². The summed E-state index contributed by atoms with van der Waals surface area (Å²) in [6, 6.07) is 0. The highest BCUT2D eigenvalue weighted by molar-refractivity contribution is 6.01. The van der Waals surface area contributed by atoms with Crippen molar-refractivity contribution in [1.29, 1.82) is 0 Å². The van der Waals surface area contributed by atoms with E-state index in [0.717, 1.165) is 0 Å². The van der Waals surface area contributed by atoms with Crippen LogP contribution in [-0.4, -0.2) is 11.9 Å². The molecule has 0 heterocycles. The van der Waals surface area contributed by atoms with Gasteiger partial charge in [-0.05, 0) is 12.8 Å². The second-order valence-electron chi connectivity index (χ2n) is 7.22. The van der Waals surface area contributed by atoms with E-state index in [4.69, 9.17) is 0 Å². The van der Waals surface area contributed by atoms with Gasteiger partial charge in [0.05, 0.1) is 0 Å². The lowest BCUT2D eigenvalue weighted by molar-refractivity contribution is -0.164. The third-order valence-electron chi connectivity index (χ3n) is 5.22. The van der Waals surface area contributed by atoms with Crippen LogP contribution in [0.15, 0.2) is 0 Å². The number of esters is 2. The molecule has 0 atom stereocenters. The molecule has 0 aromatic heterocycles. The quantitative estimate of drug-likeness (QED) is 0.137. The second-order valence-corrected chi connectivity index (χ2v) is 7.22. The van der Waals surface area contributed by atoms with Crippen LogP contribution >= 0.6 is 0 Å². The minimum atomic E-state index is -2.63. The van der Waals surface area contributed by atoms with Crippen LogP contribution in [0.3, 0.4) is 0 Å². The van der Waals surface area contributed by atoms with Crippen LogP contribution in [0.5, 0.6) is 11.5 Å². The summed E-state index contributed by atoms with van der Waals surface area (Å²) in [5.74, 6) is -33.2. The number of carbonyl (C=O) groups is 2. The Morgan fingerprint density at radius 1 is 0.471 bits per heavy atom. The van der Waals surface area contributed by atoms with E-state index < -0.39 is 99.9 Å². The molecule has 0 amide bonds. The molecule has 34 heavy (non-hydrogen) atoms. The fourth-order valence-corrected chi connectivity index (χ4v) is 3.38. The monoisotopic (exact) mass is 504 g/mol. The normalized spacial score (nSPS) is 15.2.